The molecule has 2 aliphatic heterocycles. The van der Waals surface area contributed by atoms with Crippen LogP contribution in [0.15, 0.2) is 104 Å². The van der Waals surface area contributed by atoms with E-state index < -0.39 is 137 Å². The molecular weight excluding hydrogens is 1050 g/mol. The molecule has 2 aliphatic rings. The van der Waals surface area contributed by atoms with Crippen molar-refractivity contribution < 1.29 is 74.8 Å². The first-order valence-electron chi connectivity index (χ1n) is 24.4. The van der Waals surface area contributed by atoms with Crippen molar-refractivity contribution in [2.24, 2.45) is 0 Å². The van der Waals surface area contributed by atoms with Crippen LogP contribution in [-0.2, 0) is 46.7 Å². The number of halogens is 2. The fourth-order valence-corrected chi connectivity index (χ4v) is 11.7. The van der Waals surface area contributed by atoms with Gasteiger partial charge < -0.3 is 38.2 Å². The average Bonchev–Trinajstić information content (AvgIpc) is 3.71. The highest BCUT2D eigenvalue weighted by molar-refractivity contribution is 7.52. The number of unbranched alkanes of at least 4 members (excludes halogenated alkanes) is 3. The van der Waals surface area contributed by atoms with Crippen LogP contribution >= 0.6 is 15.5 Å². The Bertz CT molecular complexity index is 2730. The number of hydrogen-bond donors (Lipinski definition) is 4. The van der Waals surface area contributed by atoms with Crippen molar-refractivity contribution >= 4 is 27.4 Å². The fraction of sp³-hybridized carbons (Fsp3) is 0.542. The average molecular weight is 1110 g/mol. The van der Waals surface area contributed by atoms with Gasteiger partial charge in [0.1, 0.15) is 49.0 Å². The molecule has 418 valence electrons. The van der Waals surface area contributed by atoms with E-state index in [0.717, 1.165) is 56.8 Å². The number of para-hydroxylation sites is 2. The third-order valence-corrected chi connectivity index (χ3v) is 15.9. The van der Waals surface area contributed by atoms with Crippen molar-refractivity contribution in [1.82, 2.24) is 28.4 Å². The molecule has 2 aromatic heterocycles. The fourth-order valence-electron chi connectivity index (χ4n) is 8.24. The number of alkyl halides is 2. The number of carbonyl (C=O) groups is 2. The first-order valence-corrected chi connectivity index (χ1v) is 27.4. The van der Waals surface area contributed by atoms with Gasteiger partial charge in [0.15, 0.2) is 23.8 Å². The van der Waals surface area contributed by atoms with E-state index in [2.05, 4.69) is 0 Å². The van der Waals surface area contributed by atoms with E-state index in [-0.39, 0.29) is 37.4 Å². The molecule has 0 aliphatic carbocycles. The molecular formula is C48H64F2N6O18P2. The minimum absolute atomic E-state index is 0.0474. The summed E-state index contributed by atoms with van der Waals surface area (Å²) in [5, 5.41) is 22.2. The Labute approximate surface area is 434 Å². The van der Waals surface area contributed by atoms with Crippen LogP contribution < -0.4 is 31.5 Å². The Balaban J connectivity index is 1.20. The van der Waals surface area contributed by atoms with Gasteiger partial charge in [-0.3, -0.25) is 47.3 Å². The molecule has 4 N–H and O–H groups in total. The lowest BCUT2D eigenvalue weighted by atomic mass is 9.98. The Morgan fingerprint density at radius 3 is 1.32 bits per heavy atom. The summed E-state index contributed by atoms with van der Waals surface area (Å²) in [4.78, 5) is 79.2. The molecule has 2 fully saturated rings. The van der Waals surface area contributed by atoms with Gasteiger partial charge in [0, 0.05) is 37.6 Å². The van der Waals surface area contributed by atoms with Gasteiger partial charge in [-0.25, -0.2) is 27.5 Å². The Morgan fingerprint density at radius 2 is 0.987 bits per heavy atom. The molecule has 0 saturated carbocycles. The number of ether oxygens (including phenoxy) is 4. The van der Waals surface area contributed by atoms with E-state index in [1.165, 1.54) is 24.3 Å². The molecule has 10 atom stereocenters. The quantitative estimate of drug-likeness (QED) is 0.0362. The summed E-state index contributed by atoms with van der Waals surface area (Å²) in [6.07, 6.45) is -8.74. The maximum absolute atomic E-state index is 16.2. The highest BCUT2D eigenvalue weighted by Crippen LogP contribution is 2.55. The molecule has 4 heterocycles. The van der Waals surface area contributed by atoms with E-state index >= 15 is 17.9 Å². The van der Waals surface area contributed by atoms with Crippen molar-refractivity contribution in [2.75, 3.05) is 39.4 Å². The van der Waals surface area contributed by atoms with E-state index in [0.29, 0.717) is 12.8 Å². The largest absolute Gasteiger partial charge is 0.462 e. The van der Waals surface area contributed by atoms with Crippen LogP contribution in [-0.4, -0.2) is 138 Å². The van der Waals surface area contributed by atoms with Crippen molar-refractivity contribution in [3.05, 3.63) is 127 Å². The van der Waals surface area contributed by atoms with Crippen LogP contribution in [0.4, 0.5) is 8.78 Å². The van der Waals surface area contributed by atoms with Crippen molar-refractivity contribution in [3.63, 3.8) is 0 Å². The second-order valence-corrected chi connectivity index (χ2v) is 22.8. The van der Waals surface area contributed by atoms with Crippen molar-refractivity contribution in [1.29, 1.82) is 0 Å². The molecule has 0 bridgehead atoms. The summed E-state index contributed by atoms with van der Waals surface area (Å²) >= 11 is 0. The van der Waals surface area contributed by atoms with E-state index in [9.17, 15) is 39.0 Å². The molecule has 0 amide bonds. The van der Waals surface area contributed by atoms with Gasteiger partial charge in [-0.2, -0.15) is 9.34 Å². The molecule has 28 heteroatoms. The summed E-state index contributed by atoms with van der Waals surface area (Å²) in [5.74, 6) is -1.53. The van der Waals surface area contributed by atoms with Crippen molar-refractivity contribution in [3.8, 4) is 11.5 Å². The zero-order valence-corrected chi connectivity index (χ0v) is 44.4. The van der Waals surface area contributed by atoms with Crippen LogP contribution in [0.25, 0.3) is 0 Å². The van der Waals surface area contributed by atoms with Crippen LogP contribution in [0, 0.1) is 0 Å². The molecule has 76 heavy (non-hydrogen) atoms. The number of H-pyrrole nitrogens is 2. The number of aliphatic hydroxyl groups is 2. The smallest absolute Gasteiger partial charge is 0.462 e. The minimum Gasteiger partial charge on any atom is -0.462 e. The minimum atomic E-state index is -4.70. The third kappa shape index (κ3) is 15.1. The standard InChI is InChI=1S/C48H64F2N6O18P2/c1-31(2)69-39(59)27-53(75(65,73-33-17-11-9-12-18-33)67-29-35-41(61)47(5,49)43(71-35)55-25-21-37(57)51-45(55)63)23-15-7-8-16-24-54(28-40(60)70-32(3)4)76(66,74-34-19-13-10-14-20-34)68-30-36-42(62)48(6,50)44(72-36)56-26-22-38(58)52-46(56)64/h9-14,17-22,25-26,31-32,35-36,41-44,61-62H,7-8,15-16,23-24,27-30H2,1-6H3,(H,51,57,63)(H,52,58,64)/t35-,36-,41-,42-,43-,44-,47-,48-,75?,76?/m1/s1. The summed E-state index contributed by atoms with van der Waals surface area (Å²) < 4.78 is 112. The SMILES string of the molecule is CC(C)OC(=O)CN(CCCCCCN(CC(=O)OC(C)C)P(=O)(OC[C@H]1O[C@@H](n2ccc(=O)[nH]c2=O)[C@](C)(F)[C@@H]1O)Oc1ccccc1)P(=O)(OC[C@H]1O[C@@H](n2ccc(=O)[nH]c2=O)[C@](C)(F)[C@@H]1O)Oc1ccccc1. The molecule has 2 unspecified atom stereocenters. The van der Waals surface area contributed by atoms with Crippen LogP contribution in [0.3, 0.4) is 0 Å². The van der Waals surface area contributed by atoms with E-state index in [1.54, 1.807) is 64.1 Å². The Kier molecular flexibility index (Phi) is 20.1. The van der Waals surface area contributed by atoms with Gasteiger partial charge in [-0.1, -0.05) is 49.2 Å². The predicted molar refractivity (Wildman–Crippen MR) is 267 cm³/mol. The lowest BCUT2D eigenvalue weighted by Gasteiger charge is -2.31. The number of aromatic nitrogens is 4. The maximum atomic E-state index is 16.2. The molecule has 0 spiro atoms. The number of aromatic amines is 2. The number of nitrogens with zero attached hydrogens (tertiary/aromatic N) is 4. The molecule has 2 aromatic carbocycles. The monoisotopic (exact) mass is 1110 g/mol. The zero-order chi connectivity index (χ0) is 55.6. The normalized spacial score (nSPS) is 25.1. The molecule has 2 saturated heterocycles. The maximum Gasteiger partial charge on any atom is 0.462 e. The number of rotatable bonds is 27. The molecule has 0 radical (unpaired) electrons. The van der Waals surface area contributed by atoms with Crippen LogP contribution in [0.2, 0.25) is 0 Å². The number of hydrogen-bond acceptors (Lipinski definition) is 18. The summed E-state index contributed by atoms with van der Waals surface area (Å²) in [5.41, 5.74) is -8.82. The van der Waals surface area contributed by atoms with Crippen LogP contribution in [0.5, 0.6) is 11.5 Å². The first kappa shape index (κ1) is 59.6. The van der Waals surface area contributed by atoms with Gasteiger partial charge >= 0.3 is 38.8 Å². The van der Waals surface area contributed by atoms with Crippen molar-refractivity contribution in [2.45, 2.75) is 128 Å². The zero-order valence-electron chi connectivity index (χ0n) is 42.6. The highest BCUT2D eigenvalue weighted by atomic mass is 31.2. The van der Waals surface area contributed by atoms with Gasteiger partial charge in [-0.05, 0) is 78.6 Å². The van der Waals surface area contributed by atoms with E-state index in [4.69, 9.17) is 37.0 Å². The molecule has 4 aromatic rings. The lowest BCUT2D eigenvalue weighted by Crippen LogP contribution is -2.43. The molecule has 6 rings (SSSR count). The van der Waals surface area contributed by atoms with Gasteiger partial charge in [0.25, 0.3) is 11.1 Å². The lowest BCUT2D eigenvalue weighted by molar-refractivity contribution is -0.148. The summed E-state index contributed by atoms with van der Waals surface area (Å²) in [7, 11) is -9.39. The number of carbonyl (C=O) groups excluding carboxylic acids is 2. The number of benzene rings is 2. The Morgan fingerprint density at radius 1 is 0.632 bits per heavy atom. The second-order valence-electron chi connectivity index (χ2n) is 18.9. The number of aliphatic hydroxyl groups excluding tert-OH is 2. The summed E-state index contributed by atoms with van der Waals surface area (Å²) in [6, 6.07) is 17.5. The third-order valence-electron chi connectivity index (χ3n) is 12.0. The van der Waals surface area contributed by atoms with Crippen LogP contribution in [0.1, 0.15) is 79.7 Å². The van der Waals surface area contributed by atoms with E-state index in [1.807, 2.05) is 9.97 Å². The highest BCUT2D eigenvalue weighted by Gasteiger charge is 2.57. The Hall–Kier alpha value is -5.66. The number of esters is 2. The van der Waals surface area contributed by atoms with Gasteiger partial charge in [-0.15, -0.1) is 0 Å². The molecule has 24 nitrogen and oxygen atoms in total. The van der Waals surface area contributed by atoms with Gasteiger partial charge in [0.05, 0.1) is 25.4 Å². The summed E-state index contributed by atoms with van der Waals surface area (Å²) in [6.45, 7) is 5.22. The predicted octanol–water partition coefficient (Wildman–Crippen LogP) is 4.53. The van der Waals surface area contributed by atoms with Gasteiger partial charge in [0.2, 0.25) is 0 Å². The first-order chi connectivity index (χ1) is 35.8. The second kappa shape index (κ2) is 25.7. The topological polar surface area (TPSA) is 299 Å². The number of nitrogens with one attached hydrogen (secondary N) is 2.